The third kappa shape index (κ3) is 3.35. The fourth-order valence-corrected chi connectivity index (χ4v) is 3.89. The van der Waals surface area contributed by atoms with E-state index in [1.54, 1.807) is 0 Å². The number of hydrogen-bond acceptors (Lipinski definition) is 3. The highest BCUT2D eigenvalue weighted by Crippen LogP contribution is 2.32. The number of nitrogens with one attached hydrogen (secondary N) is 2. The van der Waals surface area contributed by atoms with E-state index in [-0.39, 0.29) is 11.8 Å². The van der Waals surface area contributed by atoms with Crippen molar-refractivity contribution in [1.29, 1.82) is 0 Å². The summed E-state index contributed by atoms with van der Waals surface area (Å²) in [5.74, 6) is 0.873. The van der Waals surface area contributed by atoms with Crippen LogP contribution in [0.2, 0.25) is 0 Å². The molecule has 2 fully saturated rings. The minimum Gasteiger partial charge on any atom is -0.312 e. The molecule has 0 spiro atoms. The molecule has 0 radical (unpaired) electrons. The number of carbonyl (C=O) groups is 1. The Morgan fingerprint density at radius 2 is 1.95 bits per heavy atom. The summed E-state index contributed by atoms with van der Waals surface area (Å²) in [4.78, 5) is 12.7. The van der Waals surface area contributed by atoms with Gasteiger partial charge in [0.1, 0.15) is 5.78 Å². The van der Waals surface area contributed by atoms with Crippen LogP contribution in [-0.2, 0) is 11.3 Å². The number of Topliss-reactive ketones (excluding diaryl/α,β-unsaturated/α-hetero) is 1. The molecule has 114 valence electrons. The van der Waals surface area contributed by atoms with Gasteiger partial charge in [0, 0.05) is 37.0 Å². The Labute approximate surface area is 127 Å². The molecule has 1 saturated carbocycles. The SMILES string of the molecule is CC1NC2CCCCC2C(=O)C1CNCc1ccccc1. The Morgan fingerprint density at radius 1 is 1.19 bits per heavy atom. The zero-order chi connectivity index (χ0) is 14.7. The summed E-state index contributed by atoms with van der Waals surface area (Å²) in [7, 11) is 0. The fraction of sp³-hybridized carbons (Fsp3) is 0.611. The van der Waals surface area contributed by atoms with E-state index < -0.39 is 0 Å². The molecule has 3 nitrogen and oxygen atoms in total. The Balaban J connectivity index is 1.55. The third-order valence-electron chi connectivity index (χ3n) is 5.11. The van der Waals surface area contributed by atoms with Gasteiger partial charge in [0.05, 0.1) is 0 Å². The molecule has 2 aliphatic rings. The van der Waals surface area contributed by atoms with Crippen molar-refractivity contribution in [2.24, 2.45) is 11.8 Å². The lowest BCUT2D eigenvalue weighted by atomic mass is 9.72. The number of carbonyl (C=O) groups excluding carboxylic acids is 1. The highest BCUT2D eigenvalue weighted by Gasteiger charge is 2.42. The van der Waals surface area contributed by atoms with Crippen molar-refractivity contribution in [1.82, 2.24) is 10.6 Å². The average molecular weight is 286 g/mol. The molecule has 2 N–H and O–H groups in total. The first-order valence-corrected chi connectivity index (χ1v) is 8.30. The molecule has 3 heteroatoms. The minimum absolute atomic E-state index is 0.119. The van der Waals surface area contributed by atoms with Crippen molar-refractivity contribution in [2.75, 3.05) is 6.54 Å². The number of benzene rings is 1. The summed E-state index contributed by atoms with van der Waals surface area (Å²) in [5.41, 5.74) is 1.27. The Bertz CT molecular complexity index is 473. The van der Waals surface area contributed by atoms with Crippen LogP contribution in [0.3, 0.4) is 0 Å². The van der Waals surface area contributed by atoms with Crippen LogP contribution >= 0.6 is 0 Å². The molecule has 1 heterocycles. The van der Waals surface area contributed by atoms with Crippen LogP contribution in [0.1, 0.15) is 38.2 Å². The molecule has 3 rings (SSSR count). The van der Waals surface area contributed by atoms with Gasteiger partial charge in [-0.15, -0.1) is 0 Å². The molecule has 1 aliphatic heterocycles. The Hall–Kier alpha value is -1.19. The van der Waals surface area contributed by atoms with E-state index in [0.717, 1.165) is 19.5 Å². The number of ketones is 1. The zero-order valence-corrected chi connectivity index (χ0v) is 12.8. The predicted octanol–water partition coefficient (Wildman–Crippen LogP) is 2.51. The number of rotatable bonds is 4. The standard InChI is InChI=1S/C18H26N2O/c1-13-16(12-19-11-14-7-3-2-4-8-14)18(21)15-9-5-6-10-17(15)20-13/h2-4,7-8,13,15-17,19-20H,5-6,9-12H2,1H3. The van der Waals surface area contributed by atoms with Crippen LogP contribution in [-0.4, -0.2) is 24.4 Å². The molecule has 0 aromatic heterocycles. The largest absolute Gasteiger partial charge is 0.312 e. The van der Waals surface area contributed by atoms with Gasteiger partial charge in [-0.05, 0) is 25.3 Å². The summed E-state index contributed by atoms with van der Waals surface area (Å²) < 4.78 is 0. The second-order valence-corrected chi connectivity index (χ2v) is 6.58. The highest BCUT2D eigenvalue weighted by atomic mass is 16.1. The van der Waals surface area contributed by atoms with Crippen molar-refractivity contribution in [2.45, 2.75) is 51.2 Å². The molecule has 1 aliphatic carbocycles. The summed E-state index contributed by atoms with van der Waals surface area (Å²) in [6.45, 7) is 3.79. The van der Waals surface area contributed by atoms with Gasteiger partial charge < -0.3 is 10.6 Å². The summed E-state index contributed by atoms with van der Waals surface area (Å²) >= 11 is 0. The van der Waals surface area contributed by atoms with Gasteiger partial charge in [0.25, 0.3) is 0 Å². The second-order valence-electron chi connectivity index (χ2n) is 6.58. The van der Waals surface area contributed by atoms with Gasteiger partial charge in [-0.2, -0.15) is 0 Å². The quantitative estimate of drug-likeness (QED) is 0.893. The van der Waals surface area contributed by atoms with Crippen LogP contribution in [0.15, 0.2) is 30.3 Å². The Kier molecular flexibility index (Phi) is 4.71. The van der Waals surface area contributed by atoms with Crippen LogP contribution in [0, 0.1) is 11.8 Å². The molecular weight excluding hydrogens is 260 g/mol. The molecular formula is C18H26N2O. The van der Waals surface area contributed by atoms with Crippen LogP contribution in [0.25, 0.3) is 0 Å². The molecule has 0 amide bonds. The van der Waals surface area contributed by atoms with E-state index in [0.29, 0.717) is 17.9 Å². The molecule has 0 bridgehead atoms. The lowest BCUT2D eigenvalue weighted by Crippen LogP contribution is -2.59. The smallest absolute Gasteiger partial charge is 0.143 e. The van der Waals surface area contributed by atoms with Crippen LogP contribution < -0.4 is 10.6 Å². The molecule has 1 saturated heterocycles. The highest BCUT2D eigenvalue weighted by molar-refractivity contribution is 5.86. The van der Waals surface area contributed by atoms with E-state index in [9.17, 15) is 4.79 Å². The summed E-state index contributed by atoms with van der Waals surface area (Å²) in [6, 6.07) is 11.1. The predicted molar refractivity (Wildman–Crippen MR) is 85.0 cm³/mol. The minimum atomic E-state index is 0.119. The molecule has 21 heavy (non-hydrogen) atoms. The topological polar surface area (TPSA) is 41.1 Å². The lowest BCUT2D eigenvalue weighted by Gasteiger charge is -2.42. The lowest BCUT2D eigenvalue weighted by molar-refractivity contribution is -0.132. The van der Waals surface area contributed by atoms with E-state index in [4.69, 9.17) is 0 Å². The average Bonchev–Trinajstić information content (AvgIpc) is 2.51. The normalized spacial score (nSPS) is 32.7. The molecule has 4 atom stereocenters. The van der Waals surface area contributed by atoms with Gasteiger partial charge in [0.2, 0.25) is 0 Å². The molecule has 1 aromatic rings. The van der Waals surface area contributed by atoms with Crippen molar-refractivity contribution in [3.05, 3.63) is 35.9 Å². The van der Waals surface area contributed by atoms with E-state index in [1.165, 1.54) is 24.8 Å². The van der Waals surface area contributed by atoms with E-state index in [2.05, 4.69) is 41.8 Å². The molecule has 4 unspecified atom stereocenters. The number of hydrogen-bond donors (Lipinski definition) is 2. The maximum atomic E-state index is 12.7. The first-order valence-electron chi connectivity index (χ1n) is 8.30. The van der Waals surface area contributed by atoms with E-state index >= 15 is 0 Å². The van der Waals surface area contributed by atoms with Crippen molar-refractivity contribution < 1.29 is 4.79 Å². The first kappa shape index (κ1) is 14.7. The molecule has 1 aromatic carbocycles. The fourth-order valence-electron chi connectivity index (χ4n) is 3.89. The van der Waals surface area contributed by atoms with Gasteiger partial charge in [0.15, 0.2) is 0 Å². The first-order chi connectivity index (χ1) is 10.3. The van der Waals surface area contributed by atoms with Gasteiger partial charge in [-0.25, -0.2) is 0 Å². The number of fused-ring (bicyclic) bond motifs is 1. The van der Waals surface area contributed by atoms with Gasteiger partial charge in [-0.3, -0.25) is 4.79 Å². The third-order valence-corrected chi connectivity index (χ3v) is 5.11. The van der Waals surface area contributed by atoms with Crippen LogP contribution in [0.5, 0.6) is 0 Å². The summed E-state index contributed by atoms with van der Waals surface area (Å²) in [6.07, 6.45) is 4.74. The van der Waals surface area contributed by atoms with Gasteiger partial charge >= 0.3 is 0 Å². The Morgan fingerprint density at radius 3 is 2.76 bits per heavy atom. The number of piperidine rings is 1. The van der Waals surface area contributed by atoms with Crippen molar-refractivity contribution in [3.63, 3.8) is 0 Å². The summed E-state index contributed by atoms with van der Waals surface area (Å²) in [5, 5.41) is 7.15. The van der Waals surface area contributed by atoms with Gasteiger partial charge in [-0.1, -0.05) is 43.2 Å². The van der Waals surface area contributed by atoms with Crippen LogP contribution in [0.4, 0.5) is 0 Å². The zero-order valence-electron chi connectivity index (χ0n) is 12.8. The van der Waals surface area contributed by atoms with Crippen molar-refractivity contribution in [3.8, 4) is 0 Å². The maximum Gasteiger partial charge on any atom is 0.143 e. The van der Waals surface area contributed by atoms with E-state index in [1.807, 2.05) is 6.07 Å². The van der Waals surface area contributed by atoms with Crippen molar-refractivity contribution >= 4 is 5.78 Å². The second kappa shape index (κ2) is 6.71. The maximum absolute atomic E-state index is 12.7. The monoisotopic (exact) mass is 286 g/mol.